The molecule has 6 heteroatoms. The first kappa shape index (κ1) is 16.8. The number of carbonyl (C=O) groups is 2. The van der Waals surface area contributed by atoms with Gasteiger partial charge in [0, 0.05) is 31.2 Å². The molecular weight excluding hydrogens is 258 g/mol. The predicted octanol–water partition coefficient (Wildman–Crippen LogP) is 1.36. The van der Waals surface area contributed by atoms with Crippen LogP contribution in [0.15, 0.2) is 0 Å². The third-order valence-corrected chi connectivity index (χ3v) is 4.03. The van der Waals surface area contributed by atoms with Gasteiger partial charge in [-0.1, -0.05) is 13.3 Å². The molecule has 0 aromatic carbocycles. The van der Waals surface area contributed by atoms with E-state index < -0.39 is 5.97 Å². The summed E-state index contributed by atoms with van der Waals surface area (Å²) in [5.41, 5.74) is 0. The lowest BCUT2D eigenvalue weighted by atomic mass is 10.1. The maximum absolute atomic E-state index is 12.3. The molecule has 1 fully saturated rings. The summed E-state index contributed by atoms with van der Waals surface area (Å²) in [6.45, 7) is 7.53. The number of amides is 2. The highest BCUT2D eigenvalue weighted by atomic mass is 16.4. The van der Waals surface area contributed by atoms with Gasteiger partial charge in [0.15, 0.2) is 0 Å². The minimum Gasteiger partial charge on any atom is -0.481 e. The highest BCUT2D eigenvalue weighted by Gasteiger charge is 2.30. The number of hydrogen-bond donors (Lipinski definition) is 2. The molecule has 3 unspecified atom stereocenters. The molecule has 3 atom stereocenters. The summed E-state index contributed by atoms with van der Waals surface area (Å²) in [5, 5.41) is 11.7. The average Bonchev–Trinajstić information content (AvgIpc) is 2.34. The van der Waals surface area contributed by atoms with Crippen molar-refractivity contribution in [2.45, 2.75) is 58.2 Å². The molecule has 1 heterocycles. The van der Waals surface area contributed by atoms with Crippen LogP contribution in [0.3, 0.4) is 0 Å². The molecule has 1 aliphatic heterocycles. The van der Waals surface area contributed by atoms with Crippen molar-refractivity contribution < 1.29 is 14.7 Å². The first-order chi connectivity index (χ1) is 9.35. The molecule has 0 saturated carbocycles. The number of aliphatic carboxylic acids is 1. The number of urea groups is 1. The van der Waals surface area contributed by atoms with Gasteiger partial charge in [0.25, 0.3) is 0 Å². The molecule has 1 aliphatic rings. The maximum atomic E-state index is 12.3. The van der Waals surface area contributed by atoms with Crippen LogP contribution in [-0.4, -0.2) is 65.2 Å². The molecule has 0 spiro atoms. The number of nitrogens with zero attached hydrogens (tertiary/aromatic N) is 2. The summed E-state index contributed by atoms with van der Waals surface area (Å²) in [5.74, 6) is -0.871. The summed E-state index contributed by atoms with van der Waals surface area (Å²) < 4.78 is 0. The van der Waals surface area contributed by atoms with E-state index in [1.807, 2.05) is 6.92 Å². The number of likely N-dealkylation sites (N-methyl/N-ethyl adjacent to an activating group) is 1. The Hall–Kier alpha value is -1.30. The number of rotatable bonds is 5. The van der Waals surface area contributed by atoms with Crippen molar-refractivity contribution in [3.05, 3.63) is 0 Å². The summed E-state index contributed by atoms with van der Waals surface area (Å²) >= 11 is 0. The number of hydrogen-bond acceptors (Lipinski definition) is 3. The molecule has 116 valence electrons. The van der Waals surface area contributed by atoms with Crippen LogP contribution in [0.25, 0.3) is 0 Å². The summed E-state index contributed by atoms with van der Waals surface area (Å²) in [4.78, 5) is 27.1. The fourth-order valence-electron chi connectivity index (χ4n) is 2.62. The van der Waals surface area contributed by atoms with Crippen molar-refractivity contribution in [2.24, 2.45) is 0 Å². The maximum Gasteiger partial charge on any atom is 0.317 e. The van der Waals surface area contributed by atoms with Crippen molar-refractivity contribution in [3.8, 4) is 0 Å². The van der Waals surface area contributed by atoms with Crippen molar-refractivity contribution >= 4 is 12.0 Å². The van der Waals surface area contributed by atoms with Crippen LogP contribution < -0.4 is 5.32 Å². The van der Waals surface area contributed by atoms with Gasteiger partial charge in [-0.05, 0) is 27.3 Å². The van der Waals surface area contributed by atoms with Gasteiger partial charge >= 0.3 is 12.0 Å². The van der Waals surface area contributed by atoms with E-state index in [0.29, 0.717) is 31.6 Å². The zero-order valence-corrected chi connectivity index (χ0v) is 12.9. The predicted molar refractivity (Wildman–Crippen MR) is 77.7 cm³/mol. The highest BCUT2D eigenvalue weighted by molar-refractivity contribution is 5.76. The molecule has 2 amide bonds. The van der Waals surface area contributed by atoms with Crippen molar-refractivity contribution in [2.75, 3.05) is 20.1 Å². The third-order valence-electron chi connectivity index (χ3n) is 4.03. The molecule has 1 saturated heterocycles. The largest absolute Gasteiger partial charge is 0.481 e. The Morgan fingerprint density at radius 1 is 1.30 bits per heavy atom. The van der Waals surface area contributed by atoms with Gasteiger partial charge in [-0.3, -0.25) is 9.69 Å². The molecule has 20 heavy (non-hydrogen) atoms. The lowest BCUT2D eigenvalue weighted by Gasteiger charge is -2.42. The second-order valence-corrected chi connectivity index (χ2v) is 5.80. The SMILES string of the molecule is CCCC(CC(=O)O)NC(=O)N1CC(C)N(C)C(C)C1. The molecule has 1 rings (SSSR count). The normalized spacial score (nSPS) is 25.3. The molecule has 0 aliphatic carbocycles. The third kappa shape index (κ3) is 4.67. The zero-order valence-electron chi connectivity index (χ0n) is 12.9. The molecule has 0 radical (unpaired) electrons. The highest BCUT2D eigenvalue weighted by Crippen LogP contribution is 2.14. The second-order valence-electron chi connectivity index (χ2n) is 5.80. The summed E-state index contributed by atoms with van der Waals surface area (Å²) in [6.07, 6.45) is 1.53. The Bertz CT molecular complexity index is 337. The molecular formula is C14H27N3O3. The number of nitrogens with one attached hydrogen (secondary N) is 1. The van der Waals surface area contributed by atoms with Crippen LogP contribution >= 0.6 is 0 Å². The van der Waals surface area contributed by atoms with Crippen molar-refractivity contribution in [1.29, 1.82) is 0 Å². The first-order valence-electron chi connectivity index (χ1n) is 7.34. The van der Waals surface area contributed by atoms with E-state index in [1.54, 1.807) is 4.90 Å². The van der Waals surface area contributed by atoms with Gasteiger partial charge in [0.1, 0.15) is 0 Å². The minimum absolute atomic E-state index is 0.0154. The van der Waals surface area contributed by atoms with E-state index in [1.165, 1.54) is 0 Å². The van der Waals surface area contributed by atoms with Gasteiger partial charge < -0.3 is 15.3 Å². The van der Waals surface area contributed by atoms with E-state index in [4.69, 9.17) is 5.11 Å². The Labute approximate surface area is 121 Å². The van der Waals surface area contributed by atoms with Crippen LogP contribution in [0, 0.1) is 0 Å². The first-order valence-corrected chi connectivity index (χ1v) is 7.34. The molecule has 6 nitrogen and oxygen atoms in total. The molecule has 2 N–H and O–H groups in total. The van der Waals surface area contributed by atoms with Gasteiger partial charge in [0.05, 0.1) is 6.42 Å². The minimum atomic E-state index is -0.871. The monoisotopic (exact) mass is 285 g/mol. The number of piperazine rings is 1. The van der Waals surface area contributed by atoms with Gasteiger partial charge in [-0.2, -0.15) is 0 Å². The lowest BCUT2D eigenvalue weighted by Crippen LogP contribution is -2.59. The lowest BCUT2D eigenvalue weighted by molar-refractivity contribution is -0.137. The number of carbonyl (C=O) groups excluding carboxylic acids is 1. The van der Waals surface area contributed by atoms with E-state index in [0.717, 1.165) is 6.42 Å². The Kier molecular flexibility index (Phi) is 6.26. The smallest absolute Gasteiger partial charge is 0.317 e. The van der Waals surface area contributed by atoms with Crippen molar-refractivity contribution in [3.63, 3.8) is 0 Å². The molecule has 0 aromatic heterocycles. The van der Waals surface area contributed by atoms with Crippen LogP contribution in [0.2, 0.25) is 0 Å². The number of carboxylic acid groups (broad SMARTS) is 1. The van der Waals surface area contributed by atoms with Gasteiger partial charge in [-0.15, -0.1) is 0 Å². The van der Waals surface area contributed by atoms with E-state index in [-0.39, 0.29) is 18.5 Å². The fourth-order valence-corrected chi connectivity index (χ4v) is 2.62. The van der Waals surface area contributed by atoms with Crippen LogP contribution in [0.4, 0.5) is 4.79 Å². The number of carboxylic acids is 1. The fraction of sp³-hybridized carbons (Fsp3) is 0.857. The van der Waals surface area contributed by atoms with Crippen LogP contribution in [-0.2, 0) is 4.79 Å². The summed E-state index contributed by atoms with van der Waals surface area (Å²) in [7, 11) is 2.06. The molecule has 0 aromatic rings. The zero-order chi connectivity index (χ0) is 15.3. The van der Waals surface area contributed by atoms with Crippen LogP contribution in [0.1, 0.15) is 40.0 Å². The standard InChI is InChI=1S/C14H27N3O3/c1-5-6-12(7-13(18)19)15-14(20)17-8-10(2)16(4)11(3)9-17/h10-12H,5-9H2,1-4H3,(H,15,20)(H,18,19). The second kappa shape index (κ2) is 7.47. The van der Waals surface area contributed by atoms with E-state index in [2.05, 4.69) is 31.1 Å². The quantitative estimate of drug-likeness (QED) is 0.800. The average molecular weight is 285 g/mol. The van der Waals surface area contributed by atoms with Crippen molar-refractivity contribution in [1.82, 2.24) is 15.1 Å². The molecule has 0 bridgehead atoms. The summed E-state index contributed by atoms with van der Waals surface area (Å²) in [6, 6.07) is 0.203. The Balaban J connectivity index is 2.57. The van der Waals surface area contributed by atoms with Gasteiger partial charge in [-0.25, -0.2) is 4.79 Å². The Morgan fingerprint density at radius 3 is 2.30 bits per heavy atom. The van der Waals surface area contributed by atoms with E-state index in [9.17, 15) is 9.59 Å². The van der Waals surface area contributed by atoms with Crippen LogP contribution in [0.5, 0.6) is 0 Å². The topological polar surface area (TPSA) is 72.9 Å². The Morgan fingerprint density at radius 2 is 1.85 bits per heavy atom. The van der Waals surface area contributed by atoms with Gasteiger partial charge in [0.2, 0.25) is 0 Å². The van der Waals surface area contributed by atoms with E-state index >= 15 is 0 Å².